The van der Waals surface area contributed by atoms with Crippen LogP contribution in [-0.2, 0) is 6.54 Å². The zero-order chi connectivity index (χ0) is 15.4. The Bertz CT molecular complexity index is 638. The average Bonchev–Trinajstić information content (AvgIpc) is 2.80. The van der Waals surface area contributed by atoms with Gasteiger partial charge in [-0.2, -0.15) is 5.10 Å². The maximum atomic E-state index is 5.95. The molecule has 0 aliphatic rings. The predicted molar refractivity (Wildman–Crippen MR) is 91.9 cm³/mol. The van der Waals surface area contributed by atoms with Crippen LogP contribution in [0.2, 0.25) is 5.02 Å². The molecule has 0 aliphatic heterocycles. The van der Waals surface area contributed by atoms with Crippen molar-refractivity contribution in [1.29, 1.82) is 0 Å². The highest BCUT2D eigenvalue weighted by molar-refractivity contribution is 7.80. The minimum atomic E-state index is 0.0875. The maximum absolute atomic E-state index is 5.95. The van der Waals surface area contributed by atoms with Gasteiger partial charge < -0.3 is 10.6 Å². The highest BCUT2D eigenvalue weighted by Crippen LogP contribution is 2.18. The fourth-order valence-corrected chi connectivity index (χ4v) is 2.61. The normalized spacial score (nSPS) is 12.0. The molecular formula is C15H19ClN4S. The smallest absolute Gasteiger partial charge is 0.171 e. The van der Waals surface area contributed by atoms with Gasteiger partial charge in [0.1, 0.15) is 0 Å². The summed E-state index contributed by atoms with van der Waals surface area (Å²) in [6.45, 7) is 7.00. The van der Waals surface area contributed by atoms with Crippen LogP contribution in [0.4, 0.5) is 5.69 Å². The molecule has 4 nitrogen and oxygen atoms in total. The molecule has 2 aromatic rings. The first kappa shape index (κ1) is 15.8. The second-order valence-electron chi connectivity index (χ2n) is 4.86. The van der Waals surface area contributed by atoms with Crippen LogP contribution in [0.15, 0.2) is 30.5 Å². The number of hydrogen-bond acceptors (Lipinski definition) is 2. The number of halogens is 1. The van der Waals surface area contributed by atoms with E-state index in [1.165, 1.54) is 0 Å². The van der Waals surface area contributed by atoms with Crippen LogP contribution in [0.3, 0.4) is 0 Å². The number of nitrogens with zero attached hydrogens (tertiary/aromatic N) is 2. The van der Waals surface area contributed by atoms with Gasteiger partial charge in [0, 0.05) is 29.0 Å². The number of aromatic nitrogens is 2. The third kappa shape index (κ3) is 4.19. The molecule has 0 bridgehead atoms. The fraction of sp³-hybridized carbons (Fsp3) is 0.333. The Morgan fingerprint density at radius 1 is 1.48 bits per heavy atom. The van der Waals surface area contributed by atoms with Gasteiger partial charge in [0.25, 0.3) is 0 Å². The largest absolute Gasteiger partial charge is 0.356 e. The van der Waals surface area contributed by atoms with Crippen molar-refractivity contribution < 1.29 is 0 Å². The van der Waals surface area contributed by atoms with Gasteiger partial charge in [-0.3, -0.25) is 4.68 Å². The number of rotatable bonds is 4. The zero-order valence-electron chi connectivity index (χ0n) is 12.4. The van der Waals surface area contributed by atoms with Gasteiger partial charge in [-0.1, -0.05) is 17.7 Å². The summed E-state index contributed by atoms with van der Waals surface area (Å²) in [7, 11) is 0. The minimum absolute atomic E-state index is 0.0875. The minimum Gasteiger partial charge on any atom is -0.356 e. The van der Waals surface area contributed by atoms with E-state index in [1.807, 2.05) is 35.9 Å². The van der Waals surface area contributed by atoms with Crippen molar-refractivity contribution in [2.75, 3.05) is 5.32 Å². The van der Waals surface area contributed by atoms with Crippen molar-refractivity contribution >= 4 is 34.6 Å². The molecule has 0 amide bonds. The molecule has 1 aromatic heterocycles. The Morgan fingerprint density at radius 3 is 2.86 bits per heavy atom. The highest BCUT2D eigenvalue weighted by Gasteiger charge is 2.13. The second-order valence-corrected chi connectivity index (χ2v) is 5.70. The molecule has 0 saturated carbocycles. The summed E-state index contributed by atoms with van der Waals surface area (Å²) in [4.78, 5) is 0. The zero-order valence-corrected chi connectivity index (χ0v) is 13.9. The van der Waals surface area contributed by atoms with E-state index in [2.05, 4.69) is 35.8 Å². The number of benzene rings is 1. The van der Waals surface area contributed by atoms with E-state index in [0.29, 0.717) is 10.1 Å². The summed E-state index contributed by atoms with van der Waals surface area (Å²) < 4.78 is 1.93. The van der Waals surface area contributed by atoms with Crippen molar-refractivity contribution in [2.24, 2.45) is 0 Å². The molecule has 6 heteroatoms. The summed E-state index contributed by atoms with van der Waals surface area (Å²) in [5.74, 6) is 0. The van der Waals surface area contributed by atoms with Crippen LogP contribution in [-0.4, -0.2) is 14.9 Å². The molecule has 1 atom stereocenters. The summed E-state index contributed by atoms with van der Waals surface area (Å²) >= 11 is 11.3. The lowest BCUT2D eigenvalue weighted by Crippen LogP contribution is -2.31. The second kappa shape index (κ2) is 6.91. The van der Waals surface area contributed by atoms with Crippen LogP contribution in [0.5, 0.6) is 0 Å². The Balaban J connectivity index is 2.00. The Labute approximate surface area is 135 Å². The van der Waals surface area contributed by atoms with Crippen molar-refractivity contribution in [3.63, 3.8) is 0 Å². The number of anilines is 1. The molecule has 1 heterocycles. The summed E-state index contributed by atoms with van der Waals surface area (Å²) in [6.07, 6.45) is 2.05. The maximum Gasteiger partial charge on any atom is 0.171 e. The summed E-state index contributed by atoms with van der Waals surface area (Å²) in [6, 6.07) is 7.55. The van der Waals surface area contributed by atoms with E-state index in [4.69, 9.17) is 23.8 Å². The topological polar surface area (TPSA) is 41.9 Å². The fourth-order valence-electron chi connectivity index (χ4n) is 2.13. The van der Waals surface area contributed by atoms with Crippen molar-refractivity contribution in [1.82, 2.24) is 15.1 Å². The lowest BCUT2D eigenvalue weighted by atomic mass is 10.1. The highest BCUT2D eigenvalue weighted by atomic mass is 35.5. The first-order chi connectivity index (χ1) is 9.99. The van der Waals surface area contributed by atoms with Gasteiger partial charge in [0.15, 0.2) is 5.11 Å². The van der Waals surface area contributed by atoms with Crippen molar-refractivity contribution in [3.8, 4) is 0 Å². The molecule has 0 aliphatic carbocycles. The van der Waals surface area contributed by atoms with Crippen LogP contribution < -0.4 is 10.6 Å². The predicted octanol–water partition coefficient (Wildman–Crippen LogP) is 3.91. The number of aryl methyl sites for hydroxylation is 2. The van der Waals surface area contributed by atoms with Gasteiger partial charge in [-0.15, -0.1) is 0 Å². The third-order valence-electron chi connectivity index (χ3n) is 3.20. The van der Waals surface area contributed by atoms with Crippen LogP contribution >= 0.6 is 23.8 Å². The quantitative estimate of drug-likeness (QED) is 0.837. The summed E-state index contributed by atoms with van der Waals surface area (Å²) in [5, 5.41) is 12.1. The number of hydrogen-bond donors (Lipinski definition) is 2. The van der Waals surface area contributed by atoms with E-state index in [9.17, 15) is 0 Å². The molecule has 112 valence electrons. The third-order valence-corrected chi connectivity index (χ3v) is 3.66. The molecule has 0 spiro atoms. The Hall–Kier alpha value is -1.59. The summed E-state index contributed by atoms with van der Waals surface area (Å²) in [5.41, 5.74) is 3.03. The van der Waals surface area contributed by atoms with Crippen LogP contribution in [0.25, 0.3) is 0 Å². The van der Waals surface area contributed by atoms with E-state index >= 15 is 0 Å². The SMILES string of the molecule is CCn1cc(C(C)NC(=S)Nc2cccc(Cl)c2)c(C)n1. The van der Waals surface area contributed by atoms with E-state index in [0.717, 1.165) is 23.5 Å². The van der Waals surface area contributed by atoms with Gasteiger partial charge in [-0.25, -0.2) is 0 Å². The molecular weight excluding hydrogens is 304 g/mol. The lowest BCUT2D eigenvalue weighted by molar-refractivity contribution is 0.651. The number of nitrogens with one attached hydrogen (secondary N) is 2. The van der Waals surface area contributed by atoms with E-state index in [-0.39, 0.29) is 6.04 Å². The lowest BCUT2D eigenvalue weighted by Gasteiger charge is -2.16. The molecule has 2 N–H and O–H groups in total. The average molecular weight is 323 g/mol. The Kier molecular flexibility index (Phi) is 5.20. The molecule has 0 fully saturated rings. The van der Waals surface area contributed by atoms with Gasteiger partial charge in [0.2, 0.25) is 0 Å². The van der Waals surface area contributed by atoms with Crippen molar-refractivity contribution in [3.05, 3.63) is 46.7 Å². The number of thiocarbonyl (C=S) groups is 1. The standard InChI is InChI=1S/C15H19ClN4S/c1-4-20-9-14(11(3)19-20)10(2)17-15(21)18-13-7-5-6-12(16)8-13/h5-10H,4H2,1-3H3,(H2,17,18,21). The van der Waals surface area contributed by atoms with Crippen LogP contribution in [0.1, 0.15) is 31.1 Å². The van der Waals surface area contributed by atoms with Gasteiger partial charge >= 0.3 is 0 Å². The first-order valence-corrected chi connectivity index (χ1v) is 7.65. The molecule has 2 rings (SSSR count). The molecule has 21 heavy (non-hydrogen) atoms. The first-order valence-electron chi connectivity index (χ1n) is 6.86. The van der Waals surface area contributed by atoms with Crippen LogP contribution in [0, 0.1) is 6.92 Å². The van der Waals surface area contributed by atoms with E-state index < -0.39 is 0 Å². The molecule has 0 saturated heterocycles. The molecule has 1 unspecified atom stereocenters. The molecule has 1 aromatic carbocycles. The molecule has 0 radical (unpaired) electrons. The van der Waals surface area contributed by atoms with Gasteiger partial charge in [0.05, 0.1) is 11.7 Å². The van der Waals surface area contributed by atoms with E-state index in [1.54, 1.807) is 0 Å². The monoisotopic (exact) mass is 322 g/mol. The Morgan fingerprint density at radius 2 is 2.24 bits per heavy atom. The van der Waals surface area contributed by atoms with Crippen molar-refractivity contribution in [2.45, 2.75) is 33.4 Å². The van der Waals surface area contributed by atoms with Gasteiger partial charge in [-0.05, 0) is 51.2 Å².